The van der Waals surface area contributed by atoms with Crippen LogP contribution in [0.2, 0.25) is 0 Å². The van der Waals surface area contributed by atoms with Crippen LogP contribution in [-0.4, -0.2) is 47.6 Å². The van der Waals surface area contributed by atoms with Crippen LogP contribution in [0.1, 0.15) is 26.2 Å². The number of hydrogen-bond acceptors (Lipinski definition) is 5. The molecule has 104 valence electrons. The number of carbonyl (C=O) groups is 3. The fourth-order valence-electron chi connectivity index (χ4n) is 1.21. The Morgan fingerprint density at radius 1 is 1.33 bits per heavy atom. The number of esters is 1. The first-order valence-corrected chi connectivity index (χ1v) is 7.07. The highest BCUT2D eigenvalue weighted by molar-refractivity contribution is 7.98. The van der Waals surface area contributed by atoms with Gasteiger partial charge in [-0.3, -0.25) is 9.59 Å². The van der Waals surface area contributed by atoms with E-state index in [9.17, 15) is 14.4 Å². The van der Waals surface area contributed by atoms with Gasteiger partial charge >= 0.3 is 11.9 Å². The van der Waals surface area contributed by atoms with E-state index in [1.165, 1.54) is 11.8 Å². The normalized spacial score (nSPS) is 11.7. The van der Waals surface area contributed by atoms with Crippen LogP contribution in [-0.2, 0) is 19.1 Å². The Hall–Kier alpha value is -1.24. The number of nitrogens with one attached hydrogen (secondary N) is 1. The van der Waals surface area contributed by atoms with E-state index in [4.69, 9.17) is 5.11 Å². The van der Waals surface area contributed by atoms with Crippen molar-refractivity contribution in [2.75, 3.05) is 18.6 Å². The van der Waals surface area contributed by atoms with Gasteiger partial charge in [-0.2, -0.15) is 11.8 Å². The first kappa shape index (κ1) is 16.8. The molecule has 0 spiro atoms. The number of rotatable bonds is 9. The highest BCUT2D eigenvalue weighted by atomic mass is 32.2. The molecule has 0 unspecified atom stereocenters. The number of carboxylic acid groups (broad SMARTS) is 1. The number of carbonyl (C=O) groups excluding carboxylic acids is 2. The molecule has 0 aliphatic heterocycles. The molecule has 0 aromatic heterocycles. The summed E-state index contributed by atoms with van der Waals surface area (Å²) in [6.07, 6.45) is 2.14. The van der Waals surface area contributed by atoms with E-state index in [0.29, 0.717) is 12.2 Å². The quantitative estimate of drug-likeness (QED) is 0.601. The Morgan fingerprint density at radius 3 is 2.50 bits per heavy atom. The molecule has 0 aromatic rings. The molecule has 7 heteroatoms. The zero-order valence-electron chi connectivity index (χ0n) is 10.6. The monoisotopic (exact) mass is 277 g/mol. The second-order valence-electron chi connectivity index (χ2n) is 3.54. The SMILES string of the molecule is CCOC(=O)CCC(=O)N[C@@H](CCSC)C(=O)O. The van der Waals surface area contributed by atoms with Crippen LogP contribution >= 0.6 is 11.8 Å². The third-order valence-corrected chi connectivity index (χ3v) is 2.75. The summed E-state index contributed by atoms with van der Waals surface area (Å²) in [5.74, 6) is -1.32. The van der Waals surface area contributed by atoms with E-state index < -0.39 is 23.9 Å². The molecule has 0 fully saturated rings. The number of amides is 1. The standard InChI is InChI=1S/C11H19NO5S/c1-3-17-10(14)5-4-9(13)12-8(11(15)16)6-7-18-2/h8H,3-7H2,1-2H3,(H,12,13)(H,15,16)/t8-/m0/s1. The maximum Gasteiger partial charge on any atom is 0.326 e. The van der Waals surface area contributed by atoms with Crippen LogP contribution in [0.25, 0.3) is 0 Å². The minimum absolute atomic E-state index is 0.0332. The fourth-order valence-corrected chi connectivity index (χ4v) is 1.68. The first-order valence-electron chi connectivity index (χ1n) is 5.68. The Kier molecular flexibility index (Phi) is 9.08. The van der Waals surface area contributed by atoms with Gasteiger partial charge in [-0.1, -0.05) is 0 Å². The lowest BCUT2D eigenvalue weighted by molar-refractivity contribution is -0.144. The summed E-state index contributed by atoms with van der Waals surface area (Å²) in [5, 5.41) is 11.3. The van der Waals surface area contributed by atoms with Crippen LogP contribution < -0.4 is 5.32 Å². The highest BCUT2D eigenvalue weighted by Gasteiger charge is 2.19. The van der Waals surface area contributed by atoms with Gasteiger partial charge in [0.15, 0.2) is 0 Å². The lowest BCUT2D eigenvalue weighted by Crippen LogP contribution is -2.41. The van der Waals surface area contributed by atoms with Crippen molar-refractivity contribution < 1.29 is 24.2 Å². The predicted octanol–water partition coefficient (Wildman–Crippen LogP) is 0.652. The molecule has 1 atom stereocenters. The molecule has 0 heterocycles. The largest absolute Gasteiger partial charge is 0.480 e. The molecule has 6 nitrogen and oxygen atoms in total. The van der Waals surface area contributed by atoms with Gasteiger partial charge in [-0.25, -0.2) is 4.79 Å². The molecular weight excluding hydrogens is 258 g/mol. The van der Waals surface area contributed by atoms with Crippen molar-refractivity contribution in [3.05, 3.63) is 0 Å². The summed E-state index contributed by atoms with van der Waals surface area (Å²) in [4.78, 5) is 33.3. The van der Waals surface area contributed by atoms with Crippen molar-refractivity contribution in [1.29, 1.82) is 0 Å². The van der Waals surface area contributed by atoms with Gasteiger partial charge in [-0.05, 0) is 25.4 Å². The van der Waals surface area contributed by atoms with Gasteiger partial charge in [0.05, 0.1) is 13.0 Å². The van der Waals surface area contributed by atoms with Gasteiger partial charge in [-0.15, -0.1) is 0 Å². The minimum atomic E-state index is -1.06. The number of thioether (sulfide) groups is 1. The van der Waals surface area contributed by atoms with Gasteiger partial charge < -0.3 is 15.2 Å². The van der Waals surface area contributed by atoms with Crippen molar-refractivity contribution in [3.8, 4) is 0 Å². The Bertz CT molecular complexity index is 295. The molecule has 0 bridgehead atoms. The number of aliphatic carboxylic acids is 1. The summed E-state index contributed by atoms with van der Waals surface area (Å²) in [7, 11) is 0. The lowest BCUT2D eigenvalue weighted by Gasteiger charge is -2.13. The maximum atomic E-state index is 11.4. The van der Waals surface area contributed by atoms with Crippen molar-refractivity contribution in [1.82, 2.24) is 5.32 Å². The number of carboxylic acids is 1. The maximum absolute atomic E-state index is 11.4. The third kappa shape index (κ3) is 7.94. The number of ether oxygens (including phenoxy) is 1. The Morgan fingerprint density at radius 2 is 2.00 bits per heavy atom. The van der Waals surface area contributed by atoms with Crippen molar-refractivity contribution in [2.24, 2.45) is 0 Å². The smallest absolute Gasteiger partial charge is 0.326 e. The van der Waals surface area contributed by atoms with Crippen molar-refractivity contribution in [2.45, 2.75) is 32.2 Å². The number of hydrogen-bond donors (Lipinski definition) is 2. The van der Waals surface area contributed by atoms with E-state index in [1.54, 1.807) is 6.92 Å². The molecule has 2 N–H and O–H groups in total. The fraction of sp³-hybridized carbons (Fsp3) is 0.727. The Balaban J connectivity index is 4.02. The molecular formula is C11H19NO5S. The van der Waals surface area contributed by atoms with E-state index in [2.05, 4.69) is 10.1 Å². The van der Waals surface area contributed by atoms with Crippen LogP contribution in [0.4, 0.5) is 0 Å². The lowest BCUT2D eigenvalue weighted by atomic mass is 10.2. The molecule has 0 rings (SSSR count). The van der Waals surface area contributed by atoms with Crippen LogP contribution in [0.3, 0.4) is 0 Å². The van der Waals surface area contributed by atoms with E-state index in [-0.39, 0.29) is 19.4 Å². The predicted molar refractivity (Wildman–Crippen MR) is 68.4 cm³/mol. The minimum Gasteiger partial charge on any atom is -0.480 e. The van der Waals surface area contributed by atoms with Gasteiger partial charge in [0.25, 0.3) is 0 Å². The van der Waals surface area contributed by atoms with Gasteiger partial charge in [0, 0.05) is 6.42 Å². The molecule has 0 aliphatic rings. The second kappa shape index (κ2) is 9.76. The van der Waals surface area contributed by atoms with Gasteiger partial charge in [0.1, 0.15) is 6.04 Å². The molecule has 0 radical (unpaired) electrons. The van der Waals surface area contributed by atoms with Crippen LogP contribution in [0.15, 0.2) is 0 Å². The third-order valence-electron chi connectivity index (χ3n) is 2.11. The molecule has 0 aromatic carbocycles. The van der Waals surface area contributed by atoms with E-state index in [0.717, 1.165) is 0 Å². The summed E-state index contributed by atoms with van der Waals surface area (Å²) in [5.41, 5.74) is 0. The zero-order valence-corrected chi connectivity index (χ0v) is 11.4. The molecule has 0 saturated heterocycles. The first-order chi connectivity index (χ1) is 8.51. The molecule has 0 saturated carbocycles. The van der Waals surface area contributed by atoms with Crippen LogP contribution in [0.5, 0.6) is 0 Å². The van der Waals surface area contributed by atoms with Crippen LogP contribution in [0, 0.1) is 0 Å². The summed E-state index contributed by atoms with van der Waals surface area (Å²) < 4.78 is 4.67. The molecule has 1 amide bonds. The summed E-state index contributed by atoms with van der Waals surface area (Å²) in [6.45, 7) is 1.95. The van der Waals surface area contributed by atoms with E-state index >= 15 is 0 Å². The summed E-state index contributed by atoms with van der Waals surface area (Å²) in [6, 6.07) is -0.896. The van der Waals surface area contributed by atoms with Crippen molar-refractivity contribution >= 4 is 29.6 Å². The topological polar surface area (TPSA) is 92.7 Å². The average molecular weight is 277 g/mol. The highest BCUT2D eigenvalue weighted by Crippen LogP contribution is 2.02. The van der Waals surface area contributed by atoms with Crippen molar-refractivity contribution in [3.63, 3.8) is 0 Å². The van der Waals surface area contributed by atoms with E-state index in [1.807, 2.05) is 6.26 Å². The Labute approximate surface area is 110 Å². The average Bonchev–Trinajstić information content (AvgIpc) is 2.32. The molecule has 0 aliphatic carbocycles. The second-order valence-corrected chi connectivity index (χ2v) is 4.53. The zero-order chi connectivity index (χ0) is 14.0. The van der Waals surface area contributed by atoms with Gasteiger partial charge in [0.2, 0.25) is 5.91 Å². The summed E-state index contributed by atoms with van der Waals surface area (Å²) >= 11 is 1.51. The molecule has 18 heavy (non-hydrogen) atoms.